The maximum atomic E-state index is 5.78. The van der Waals surface area contributed by atoms with Gasteiger partial charge in [-0.1, -0.05) is 0 Å². The van der Waals surface area contributed by atoms with Crippen molar-refractivity contribution in [3.63, 3.8) is 0 Å². The molecule has 0 amide bonds. The number of fused-ring (bicyclic) bond motifs is 1. The molecule has 3 N–H and O–H groups in total. The van der Waals surface area contributed by atoms with Gasteiger partial charge in [-0.15, -0.1) is 11.3 Å². The van der Waals surface area contributed by atoms with Crippen molar-refractivity contribution >= 4 is 45.1 Å². The molecule has 3 rings (SSSR count). The first-order valence-corrected chi connectivity index (χ1v) is 8.07. The van der Waals surface area contributed by atoms with Crippen molar-refractivity contribution in [1.29, 1.82) is 0 Å². The van der Waals surface area contributed by atoms with Crippen LogP contribution in [0.2, 0.25) is 0 Å². The minimum Gasteiger partial charge on any atom is -0.368 e. The molecule has 2 aromatic heterocycles. The largest absolute Gasteiger partial charge is 0.368 e. The molecule has 3 heterocycles. The number of nitrogens with one attached hydrogen (secondary N) is 1. The van der Waals surface area contributed by atoms with E-state index in [1.807, 2.05) is 11.8 Å². The lowest BCUT2D eigenvalue weighted by Crippen LogP contribution is -2.25. The van der Waals surface area contributed by atoms with Crippen molar-refractivity contribution in [1.82, 2.24) is 9.97 Å². The molecule has 1 aliphatic heterocycles. The number of hydrogen-bond acceptors (Lipinski definition) is 6. The minimum absolute atomic E-state index is 0.358. The van der Waals surface area contributed by atoms with Gasteiger partial charge >= 0.3 is 0 Å². The Balaban J connectivity index is 1.94. The number of aromatic nitrogens is 2. The van der Waals surface area contributed by atoms with Crippen molar-refractivity contribution in [2.75, 3.05) is 22.6 Å². The third-order valence-corrected chi connectivity index (χ3v) is 5.09. The molecule has 0 atom stereocenters. The molecule has 4 nitrogen and oxygen atoms in total. The van der Waals surface area contributed by atoms with Crippen LogP contribution in [0.4, 0.5) is 11.8 Å². The lowest BCUT2D eigenvalue weighted by Gasteiger charge is -2.23. The van der Waals surface area contributed by atoms with Gasteiger partial charge in [0.1, 0.15) is 10.6 Å². The Morgan fingerprint density at radius 1 is 1.33 bits per heavy atom. The fourth-order valence-corrected chi connectivity index (χ4v) is 4.20. The van der Waals surface area contributed by atoms with E-state index in [2.05, 4.69) is 28.3 Å². The van der Waals surface area contributed by atoms with Gasteiger partial charge in [0.2, 0.25) is 5.95 Å². The Morgan fingerprint density at radius 3 is 2.89 bits per heavy atom. The predicted molar refractivity (Wildman–Crippen MR) is 80.5 cm³/mol. The van der Waals surface area contributed by atoms with Gasteiger partial charge < -0.3 is 11.1 Å². The molecule has 0 saturated carbocycles. The highest BCUT2D eigenvalue weighted by atomic mass is 32.2. The maximum absolute atomic E-state index is 5.78. The number of hydrogen-bond donors (Lipinski definition) is 2. The van der Waals surface area contributed by atoms with Crippen LogP contribution in [0.15, 0.2) is 6.07 Å². The van der Waals surface area contributed by atoms with Crippen LogP contribution in [0.1, 0.15) is 17.7 Å². The summed E-state index contributed by atoms with van der Waals surface area (Å²) in [6, 6.07) is 2.66. The number of nitrogens with two attached hydrogens (primary N) is 1. The first-order valence-electron chi connectivity index (χ1n) is 6.10. The van der Waals surface area contributed by atoms with E-state index in [1.165, 1.54) is 29.2 Å². The van der Waals surface area contributed by atoms with Gasteiger partial charge in [0.05, 0.1) is 5.39 Å². The minimum atomic E-state index is 0.358. The van der Waals surface area contributed by atoms with Gasteiger partial charge in [0, 0.05) is 10.9 Å². The average Bonchev–Trinajstić information content (AvgIpc) is 2.71. The molecule has 18 heavy (non-hydrogen) atoms. The molecule has 0 unspecified atom stereocenters. The highest BCUT2D eigenvalue weighted by Gasteiger charge is 2.16. The number of anilines is 2. The zero-order valence-electron chi connectivity index (χ0n) is 10.3. The van der Waals surface area contributed by atoms with Gasteiger partial charge in [-0.05, 0) is 37.3 Å². The summed E-state index contributed by atoms with van der Waals surface area (Å²) in [4.78, 5) is 10.9. The van der Waals surface area contributed by atoms with Crippen molar-refractivity contribution in [3.8, 4) is 0 Å². The molecule has 0 radical (unpaired) electrons. The standard InChI is InChI=1S/C12H16N4S2/c1-7-6-9-10(14-8-2-4-17-5-3-8)15-12(13)16-11(9)18-7/h6,8H,2-5H2,1H3,(H3,13,14,15,16). The molecule has 96 valence electrons. The Bertz CT molecular complexity index is 560. The molecule has 0 bridgehead atoms. The van der Waals surface area contributed by atoms with Crippen LogP contribution < -0.4 is 11.1 Å². The molecule has 6 heteroatoms. The highest BCUT2D eigenvalue weighted by Crippen LogP contribution is 2.30. The number of nitrogens with zero attached hydrogens (tertiary/aromatic N) is 2. The molecular weight excluding hydrogens is 264 g/mol. The predicted octanol–water partition coefficient (Wildman–Crippen LogP) is 2.89. The number of thioether (sulfide) groups is 1. The van der Waals surface area contributed by atoms with Crippen LogP contribution in [0.5, 0.6) is 0 Å². The van der Waals surface area contributed by atoms with E-state index in [1.54, 1.807) is 11.3 Å². The van der Waals surface area contributed by atoms with Crippen molar-refractivity contribution < 1.29 is 0 Å². The Kier molecular flexibility index (Phi) is 3.30. The van der Waals surface area contributed by atoms with Crippen molar-refractivity contribution in [2.24, 2.45) is 0 Å². The van der Waals surface area contributed by atoms with E-state index in [0.29, 0.717) is 12.0 Å². The molecule has 1 saturated heterocycles. The average molecular weight is 280 g/mol. The summed E-state index contributed by atoms with van der Waals surface area (Å²) in [6.07, 6.45) is 2.39. The van der Waals surface area contributed by atoms with Gasteiger partial charge in [0.15, 0.2) is 0 Å². The van der Waals surface area contributed by atoms with E-state index in [9.17, 15) is 0 Å². The Morgan fingerprint density at radius 2 is 2.11 bits per heavy atom. The molecule has 1 aliphatic rings. The fourth-order valence-electron chi connectivity index (χ4n) is 2.20. The van der Waals surface area contributed by atoms with Crippen LogP contribution in [-0.2, 0) is 0 Å². The summed E-state index contributed by atoms with van der Waals surface area (Å²) in [6.45, 7) is 2.09. The van der Waals surface area contributed by atoms with E-state index in [4.69, 9.17) is 5.73 Å². The summed E-state index contributed by atoms with van der Waals surface area (Å²) in [7, 11) is 0. The molecule has 1 fully saturated rings. The van der Waals surface area contributed by atoms with Crippen LogP contribution in [-0.4, -0.2) is 27.5 Å². The second-order valence-electron chi connectivity index (χ2n) is 4.54. The lowest BCUT2D eigenvalue weighted by molar-refractivity contribution is 0.665. The summed E-state index contributed by atoms with van der Waals surface area (Å²) in [5, 5.41) is 4.64. The van der Waals surface area contributed by atoms with Crippen LogP contribution in [0.3, 0.4) is 0 Å². The van der Waals surface area contributed by atoms with Gasteiger partial charge in [-0.3, -0.25) is 0 Å². The quantitative estimate of drug-likeness (QED) is 0.885. The second kappa shape index (κ2) is 4.93. The smallest absolute Gasteiger partial charge is 0.223 e. The first-order chi connectivity index (χ1) is 8.72. The van der Waals surface area contributed by atoms with Crippen LogP contribution in [0.25, 0.3) is 10.2 Å². The van der Waals surface area contributed by atoms with Crippen molar-refractivity contribution in [2.45, 2.75) is 25.8 Å². The molecule has 0 spiro atoms. The maximum Gasteiger partial charge on any atom is 0.223 e. The molecule has 2 aromatic rings. The summed E-state index contributed by atoms with van der Waals surface area (Å²) < 4.78 is 0. The van der Waals surface area contributed by atoms with E-state index >= 15 is 0 Å². The van der Waals surface area contributed by atoms with E-state index in [-0.39, 0.29) is 0 Å². The SMILES string of the molecule is Cc1cc2c(NC3CCSCC3)nc(N)nc2s1. The second-order valence-corrected chi connectivity index (χ2v) is 7.00. The molecular formula is C12H16N4S2. The third kappa shape index (κ3) is 2.40. The number of aryl methyl sites for hydroxylation is 1. The van der Waals surface area contributed by atoms with Crippen molar-refractivity contribution in [3.05, 3.63) is 10.9 Å². The zero-order valence-corrected chi connectivity index (χ0v) is 11.9. The van der Waals surface area contributed by atoms with Crippen LogP contribution >= 0.6 is 23.1 Å². The normalized spacial score (nSPS) is 17.2. The third-order valence-electron chi connectivity index (χ3n) is 3.10. The summed E-state index contributed by atoms with van der Waals surface area (Å²) in [5.41, 5.74) is 5.78. The monoisotopic (exact) mass is 280 g/mol. The topological polar surface area (TPSA) is 63.8 Å². The van der Waals surface area contributed by atoms with Gasteiger partial charge in [0.25, 0.3) is 0 Å². The number of thiophene rings is 1. The molecule has 0 aromatic carbocycles. The molecule has 0 aliphatic carbocycles. The van der Waals surface area contributed by atoms with Crippen LogP contribution in [0, 0.1) is 6.92 Å². The Hall–Kier alpha value is -1.01. The number of rotatable bonds is 2. The first kappa shape index (κ1) is 12.0. The highest BCUT2D eigenvalue weighted by molar-refractivity contribution is 7.99. The number of nitrogen functional groups attached to an aromatic ring is 1. The van der Waals surface area contributed by atoms with Gasteiger partial charge in [-0.25, -0.2) is 4.98 Å². The van der Waals surface area contributed by atoms with Gasteiger partial charge in [-0.2, -0.15) is 16.7 Å². The summed E-state index contributed by atoms with van der Waals surface area (Å²) >= 11 is 3.69. The van der Waals surface area contributed by atoms with E-state index in [0.717, 1.165) is 16.0 Å². The Labute approximate surface area is 114 Å². The fraction of sp³-hybridized carbons (Fsp3) is 0.500. The zero-order chi connectivity index (χ0) is 12.5. The van der Waals surface area contributed by atoms with E-state index < -0.39 is 0 Å². The lowest BCUT2D eigenvalue weighted by atomic mass is 10.1. The summed E-state index contributed by atoms with van der Waals surface area (Å²) in [5.74, 6) is 3.71.